The lowest BCUT2D eigenvalue weighted by Gasteiger charge is -2.10. The van der Waals surface area contributed by atoms with Crippen molar-refractivity contribution in [3.63, 3.8) is 0 Å². The predicted octanol–water partition coefficient (Wildman–Crippen LogP) is 3.31. The summed E-state index contributed by atoms with van der Waals surface area (Å²) in [5.74, 6) is 0.791. The van der Waals surface area contributed by atoms with Crippen molar-refractivity contribution < 1.29 is 4.74 Å². The zero-order valence-electron chi connectivity index (χ0n) is 12.0. The second kappa shape index (κ2) is 4.88. The minimum absolute atomic E-state index is 0.641. The highest BCUT2D eigenvalue weighted by atomic mass is 16.5. The smallest absolute Gasteiger partial charge is 0.139 e. The predicted molar refractivity (Wildman–Crippen MR) is 82.1 cm³/mol. The molecule has 0 radical (unpaired) electrons. The van der Waals surface area contributed by atoms with Gasteiger partial charge in [0, 0.05) is 6.07 Å². The summed E-state index contributed by atoms with van der Waals surface area (Å²) < 4.78 is 7.56. The number of nitrogens with zero attached hydrogens (tertiary/aromatic N) is 3. The van der Waals surface area contributed by atoms with Crippen molar-refractivity contribution in [2.24, 2.45) is 0 Å². The van der Waals surface area contributed by atoms with Crippen molar-refractivity contribution >= 4 is 11.0 Å². The molecule has 1 aliphatic rings. The van der Waals surface area contributed by atoms with Gasteiger partial charge in [0.2, 0.25) is 0 Å². The molecule has 0 unspecified atom stereocenters. The van der Waals surface area contributed by atoms with Gasteiger partial charge < -0.3 is 4.74 Å². The number of hydrogen-bond donors (Lipinski definition) is 0. The maximum atomic E-state index is 5.56. The molecule has 106 valence electrons. The lowest BCUT2D eigenvalue weighted by atomic mass is 10.1. The molecule has 0 spiro atoms. The second-order valence-electron chi connectivity index (χ2n) is 5.33. The first-order valence-corrected chi connectivity index (χ1v) is 7.44. The molecule has 21 heavy (non-hydrogen) atoms. The molecule has 2 heterocycles. The fourth-order valence-electron chi connectivity index (χ4n) is 3.12. The number of benzene rings is 1. The molecule has 0 saturated carbocycles. The lowest BCUT2D eigenvalue weighted by molar-refractivity contribution is 0.339. The van der Waals surface area contributed by atoms with E-state index in [0.29, 0.717) is 6.61 Å². The summed E-state index contributed by atoms with van der Waals surface area (Å²) in [4.78, 5) is 4.43. The molecule has 4 rings (SSSR count). The Bertz CT molecular complexity index is 807. The van der Waals surface area contributed by atoms with Gasteiger partial charge in [-0.3, -0.25) is 0 Å². The van der Waals surface area contributed by atoms with E-state index >= 15 is 0 Å². The van der Waals surface area contributed by atoms with Crippen molar-refractivity contribution in [2.75, 3.05) is 6.61 Å². The molecule has 0 N–H and O–H groups in total. The van der Waals surface area contributed by atoms with Gasteiger partial charge in [0.1, 0.15) is 11.3 Å². The fraction of sp³-hybridized carbons (Fsp3) is 0.294. The first kappa shape index (κ1) is 12.4. The quantitative estimate of drug-likeness (QED) is 0.738. The molecule has 0 saturated heterocycles. The lowest BCUT2D eigenvalue weighted by Crippen LogP contribution is -2.01. The first-order valence-electron chi connectivity index (χ1n) is 7.44. The van der Waals surface area contributed by atoms with E-state index in [0.717, 1.165) is 23.2 Å². The van der Waals surface area contributed by atoms with Crippen molar-refractivity contribution in [2.45, 2.75) is 26.2 Å². The van der Waals surface area contributed by atoms with Crippen LogP contribution in [0.2, 0.25) is 0 Å². The molecule has 1 aliphatic carbocycles. The molecule has 0 bridgehead atoms. The molecule has 4 nitrogen and oxygen atoms in total. The molecule has 0 amide bonds. The Labute approximate surface area is 123 Å². The summed E-state index contributed by atoms with van der Waals surface area (Å²) in [6.07, 6.45) is 7.11. The minimum Gasteiger partial charge on any atom is -0.492 e. The van der Waals surface area contributed by atoms with E-state index in [4.69, 9.17) is 4.74 Å². The number of hydrogen-bond acceptors (Lipinski definition) is 3. The topological polar surface area (TPSA) is 39.9 Å². The summed E-state index contributed by atoms with van der Waals surface area (Å²) >= 11 is 0. The summed E-state index contributed by atoms with van der Waals surface area (Å²) in [6, 6.07) is 8.51. The number of fused-ring (bicyclic) bond motifs is 2. The van der Waals surface area contributed by atoms with E-state index in [1.165, 1.54) is 29.7 Å². The van der Waals surface area contributed by atoms with Gasteiger partial charge in [-0.05, 0) is 43.4 Å². The largest absolute Gasteiger partial charge is 0.492 e. The van der Waals surface area contributed by atoms with Gasteiger partial charge in [0.25, 0.3) is 0 Å². The van der Waals surface area contributed by atoms with Crippen LogP contribution in [-0.4, -0.2) is 21.4 Å². The molecule has 2 aromatic heterocycles. The van der Waals surface area contributed by atoms with E-state index in [1.807, 2.05) is 23.9 Å². The van der Waals surface area contributed by atoms with Crippen molar-refractivity contribution in [3.8, 4) is 11.4 Å². The normalized spacial score (nSPS) is 13.6. The Balaban J connectivity index is 1.91. The Morgan fingerprint density at radius 2 is 2.19 bits per heavy atom. The third kappa shape index (κ3) is 1.98. The van der Waals surface area contributed by atoms with Crippen LogP contribution in [0.15, 0.2) is 36.7 Å². The zero-order chi connectivity index (χ0) is 14.2. The van der Waals surface area contributed by atoms with Gasteiger partial charge in [-0.15, -0.1) is 0 Å². The van der Waals surface area contributed by atoms with Gasteiger partial charge in [0.15, 0.2) is 0 Å². The van der Waals surface area contributed by atoms with Crippen LogP contribution in [0.1, 0.15) is 24.5 Å². The third-order valence-electron chi connectivity index (χ3n) is 4.06. The van der Waals surface area contributed by atoms with Crippen molar-refractivity contribution in [1.29, 1.82) is 0 Å². The van der Waals surface area contributed by atoms with Gasteiger partial charge in [0.05, 0.1) is 30.2 Å². The number of rotatable bonds is 3. The van der Waals surface area contributed by atoms with E-state index in [1.54, 1.807) is 6.20 Å². The van der Waals surface area contributed by atoms with Crippen LogP contribution < -0.4 is 4.74 Å². The van der Waals surface area contributed by atoms with Crippen LogP contribution >= 0.6 is 0 Å². The average Bonchev–Trinajstić information content (AvgIpc) is 3.13. The van der Waals surface area contributed by atoms with Crippen molar-refractivity contribution in [3.05, 3.63) is 47.8 Å². The van der Waals surface area contributed by atoms with E-state index in [9.17, 15) is 0 Å². The van der Waals surface area contributed by atoms with Gasteiger partial charge in [-0.1, -0.05) is 12.1 Å². The van der Waals surface area contributed by atoms with Gasteiger partial charge in [-0.25, -0.2) is 9.67 Å². The summed E-state index contributed by atoms with van der Waals surface area (Å²) in [6.45, 7) is 2.62. The Morgan fingerprint density at radius 1 is 1.24 bits per heavy atom. The summed E-state index contributed by atoms with van der Waals surface area (Å²) in [7, 11) is 0. The average molecular weight is 279 g/mol. The monoisotopic (exact) mass is 279 g/mol. The number of ether oxygens (including phenoxy) is 1. The van der Waals surface area contributed by atoms with Crippen LogP contribution in [-0.2, 0) is 12.8 Å². The van der Waals surface area contributed by atoms with Gasteiger partial charge >= 0.3 is 0 Å². The van der Waals surface area contributed by atoms with Crippen LogP contribution in [0, 0.1) is 0 Å². The molecule has 0 fully saturated rings. The standard InChI is InChI=1S/C17H17N3O/c1-2-21-13-9-17-15(18-10-13)11-19-20(17)16-8-4-6-12-5-3-7-14(12)16/h4,6,8-11H,2-3,5,7H2,1H3. The number of aromatic nitrogens is 3. The van der Waals surface area contributed by atoms with Crippen LogP contribution in [0.3, 0.4) is 0 Å². The van der Waals surface area contributed by atoms with Crippen molar-refractivity contribution in [1.82, 2.24) is 14.8 Å². The van der Waals surface area contributed by atoms with Gasteiger partial charge in [-0.2, -0.15) is 5.10 Å². The summed E-state index contributed by atoms with van der Waals surface area (Å²) in [5.41, 5.74) is 5.94. The zero-order valence-corrected chi connectivity index (χ0v) is 12.0. The highest BCUT2D eigenvalue weighted by Gasteiger charge is 2.17. The molecule has 1 aromatic carbocycles. The Kier molecular flexibility index (Phi) is 2.88. The molecule has 4 heteroatoms. The number of pyridine rings is 1. The molecular formula is C17H17N3O. The Morgan fingerprint density at radius 3 is 3.10 bits per heavy atom. The highest BCUT2D eigenvalue weighted by molar-refractivity contribution is 5.77. The van der Waals surface area contributed by atoms with E-state index < -0.39 is 0 Å². The molecular weight excluding hydrogens is 262 g/mol. The van der Waals surface area contributed by atoms with E-state index in [2.05, 4.69) is 28.3 Å². The second-order valence-corrected chi connectivity index (χ2v) is 5.33. The summed E-state index contributed by atoms with van der Waals surface area (Å²) in [5, 5.41) is 4.54. The first-order chi connectivity index (χ1) is 10.4. The maximum absolute atomic E-state index is 5.56. The fourth-order valence-corrected chi connectivity index (χ4v) is 3.12. The van der Waals surface area contributed by atoms with Crippen LogP contribution in [0.4, 0.5) is 0 Å². The molecule has 0 aliphatic heterocycles. The SMILES string of the molecule is CCOc1cnc2cnn(-c3cccc4c3CCC4)c2c1. The number of aryl methyl sites for hydroxylation is 1. The minimum atomic E-state index is 0.641. The Hall–Kier alpha value is -2.36. The van der Waals surface area contributed by atoms with E-state index in [-0.39, 0.29) is 0 Å². The maximum Gasteiger partial charge on any atom is 0.139 e. The molecule has 3 aromatic rings. The molecule has 0 atom stereocenters. The highest BCUT2D eigenvalue weighted by Crippen LogP contribution is 2.30. The van der Waals surface area contributed by atoms with Crippen LogP contribution in [0.25, 0.3) is 16.7 Å². The third-order valence-corrected chi connectivity index (χ3v) is 4.06. The van der Waals surface area contributed by atoms with Crippen LogP contribution in [0.5, 0.6) is 5.75 Å².